The molecule has 26 heavy (non-hydrogen) atoms. The Morgan fingerprint density at radius 3 is 2.35 bits per heavy atom. The summed E-state index contributed by atoms with van der Waals surface area (Å²) in [5.74, 6) is -0.619. The fourth-order valence-corrected chi connectivity index (χ4v) is 2.96. The first-order valence-corrected chi connectivity index (χ1v) is 9.58. The topological polar surface area (TPSA) is 99.7 Å². The third-order valence-corrected chi connectivity index (χ3v) is 4.31. The van der Waals surface area contributed by atoms with Gasteiger partial charge in [0.1, 0.15) is 12.1 Å². The lowest BCUT2D eigenvalue weighted by molar-refractivity contribution is -0.132. The Labute approximate surface area is 156 Å². The van der Waals surface area contributed by atoms with E-state index >= 15 is 0 Å². The quantitative estimate of drug-likeness (QED) is 0.606. The molecule has 0 radical (unpaired) electrons. The Balaban J connectivity index is 2.75. The van der Waals surface area contributed by atoms with Crippen molar-refractivity contribution >= 4 is 23.9 Å². The van der Waals surface area contributed by atoms with E-state index in [1.165, 1.54) is 6.92 Å². The number of nitrogens with one attached hydrogen (secondary N) is 3. The van der Waals surface area contributed by atoms with Gasteiger partial charge in [-0.25, -0.2) is 0 Å². The molecule has 0 saturated heterocycles. The van der Waals surface area contributed by atoms with Crippen molar-refractivity contribution in [2.24, 2.45) is 16.8 Å². The summed E-state index contributed by atoms with van der Waals surface area (Å²) >= 11 is 0. The van der Waals surface area contributed by atoms with Crippen LogP contribution in [0, 0.1) is 11.8 Å². The molecule has 0 fully saturated rings. The van der Waals surface area contributed by atoms with Crippen molar-refractivity contribution in [3.05, 3.63) is 0 Å². The fraction of sp³-hybridized carbons (Fsp3) is 0.789. The molecular formula is C19H34N4O3. The molecule has 0 aromatic heterocycles. The number of carbonyl (C=O) groups excluding carboxylic acids is 3. The van der Waals surface area contributed by atoms with Gasteiger partial charge in [0.25, 0.3) is 0 Å². The fourth-order valence-electron chi connectivity index (χ4n) is 2.96. The van der Waals surface area contributed by atoms with Crippen molar-refractivity contribution in [1.29, 1.82) is 0 Å². The van der Waals surface area contributed by atoms with E-state index in [0.717, 1.165) is 25.8 Å². The summed E-state index contributed by atoms with van der Waals surface area (Å²) in [5.41, 5.74) is 0. The van der Waals surface area contributed by atoms with Gasteiger partial charge in [-0.2, -0.15) is 0 Å². The lowest BCUT2D eigenvalue weighted by atomic mass is 9.99. The molecule has 3 atom stereocenters. The van der Waals surface area contributed by atoms with E-state index in [1.807, 2.05) is 27.7 Å². The largest absolute Gasteiger partial charge is 0.347 e. The summed E-state index contributed by atoms with van der Waals surface area (Å²) in [5, 5.41) is 8.48. The van der Waals surface area contributed by atoms with Gasteiger partial charge in [-0.1, -0.05) is 27.7 Å². The van der Waals surface area contributed by atoms with E-state index < -0.39 is 12.1 Å². The average molecular weight is 367 g/mol. The zero-order valence-corrected chi connectivity index (χ0v) is 16.7. The molecule has 1 heterocycles. The Morgan fingerprint density at radius 2 is 1.77 bits per heavy atom. The second kappa shape index (κ2) is 10.9. The number of rotatable bonds is 8. The molecule has 148 valence electrons. The van der Waals surface area contributed by atoms with Gasteiger partial charge in [-0.05, 0) is 37.5 Å². The lowest BCUT2D eigenvalue weighted by Crippen LogP contribution is -2.56. The maximum Gasteiger partial charge on any atom is 0.243 e. The van der Waals surface area contributed by atoms with Crippen molar-refractivity contribution < 1.29 is 14.4 Å². The van der Waals surface area contributed by atoms with Crippen molar-refractivity contribution in [1.82, 2.24) is 16.0 Å². The summed E-state index contributed by atoms with van der Waals surface area (Å²) in [7, 11) is 0. The van der Waals surface area contributed by atoms with Gasteiger partial charge >= 0.3 is 0 Å². The van der Waals surface area contributed by atoms with Crippen LogP contribution in [0.5, 0.6) is 0 Å². The molecule has 1 aliphatic heterocycles. The Kier molecular flexibility index (Phi) is 9.30. The zero-order chi connectivity index (χ0) is 19.7. The van der Waals surface area contributed by atoms with Crippen LogP contribution in [-0.4, -0.2) is 48.6 Å². The Morgan fingerprint density at radius 1 is 1.08 bits per heavy atom. The number of carbonyl (C=O) groups is 3. The first-order valence-electron chi connectivity index (χ1n) is 9.58. The Hall–Kier alpha value is -1.92. The van der Waals surface area contributed by atoms with Crippen LogP contribution in [0.15, 0.2) is 4.99 Å². The summed E-state index contributed by atoms with van der Waals surface area (Å²) < 4.78 is 0. The van der Waals surface area contributed by atoms with Crippen LogP contribution >= 0.6 is 0 Å². The first-order chi connectivity index (χ1) is 12.2. The van der Waals surface area contributed by atoms with E-state index in [0.29, 0.717) is 6.42 Å². The summed E-state index contributed by atoms with van der Waals surface area (Å²) in [6.45, 7) is 9.94. The van der Waals surface area contributed by atoms with Gasteiger partial charge in [0.05, 0.1) is 6.04 Å². The van der Waals surface area contributed by atoms with Crippen LogP contribution < -0.4 is 16.0 Å². The number of amides is 3. The molecule has 0 aliphatic carbocycles. The molecule has 0 bridgehead atoms. The van der Waals surface area contributed by atoms with E-state index in [9.17, 15) is 14.4 Å². The number of aliphatic imine (C=N–C) groups is 1. The molecule has 1 aliphatic rings. The highest BCUT2D eigenvalue weighted by Crippen LogP contribution is 2.09. The molecule has 0 spiro atoms. The van der Waals surface area contributed by atoms with Gasteiger partial charge in [-0.3, -0.25) is 19.4 Å². The van der Waals surface area contributed by atoms with E-state index in [4.69, 9.17) is 0 Å². The maximum atomic E-state index is 12.7. The Bertz CT molecular complexity index is 517. The van der Waals surface area contributed by atoms with Crippen molar-refractivity contribution in [3.63, 3.8) is 0 Å². The van der Waals surface area contributed by atoms with Gasteiger partial charge in [-0.15, -0.1) is 0 Å². The minimum Gasteiger partial charge on any atom is -0.347 e. The normalized spacial score (nSPS) is 19.6. The van der Waals surface area contributed by atoms with Crippen LogP contribution in [0.3, 0.4) is 0 Å². The summed E-state index contributed by atoms with van der Waals surface area (Å²) in [4.78, 5) is 41.0. The lowest BCUT2D eigenvalue weighted by Gasteiger charge is -2.27. The van der Waals surface area contributed by atoms with Crippen LogP contribution in [-0.2, 0) is 14.4 Å². The van der Waals surface area contributed by atoms with Gasteiger partial charge < -0.3 is 16.0 Å². The van der Waals surface area contributed by atoms with Crippen LogP contribution in [0.4, 0.5) is 0 Å². The average Bonchev–Trinajstić information content (AvgIpc) is 2.79. The molecule has 7 nitrogen and oxygen atoms in total. The number of hydrogen-bond donors (Lipinski definition) is 3. The molecular weight excluding hydrogens is 332 g/mol. The summed E-state index contributed by atoms with van der Waals surface area (Å²) in [6.07, 6.45) is 5.22. The monoisotopic (exact) mass is 366 g/mol. The maximum absolute atomic E-state index is 12.7. The SMILES string of the molecule is CC(=O)N[C@@H](CC(C)C)C(=O)N[C@H](C(=O)N[C@@H]1C=NCCCC1)C(C)C. The highest BCUT2D eigenvalue weighted by Gasteiger charge is 2.29. The van der Waals surface area contributed by atoms with E-state index in [1.54, 1.807) is 6.21 Å². The van der Waals surface area contributed by atoms with Gasteiger partial charge in [0.15, 0.2) is 0 Å². The minimum absolute atomic E-state index is 0.0707. The minimum atomic E-state index is -0.650. The number of hydrogen-bond acceptors (Lipinski definition) is 4. The third-order valence-electron chi connectivity index (χ3n) is 4.31. The van der Waals surface area contributed by atoms with E-state index in [-0.39, 0.29) is 35.6 Å². The highest BCUT2D eigenvalue weighted by molar-refractivity contribution is 5.92. The molecule has 0 aromatic rings. The molecule has 0 unspecified atom stereocenters. The number of nitrogens with zero attached hydrogens (tertiary/aromatic N) is 1. The standard InChI is InChI=1S/C19H34N4O3/c1-12(2)10-16(21-14(5)24)18(25)23-17(13(3)4)19(26)22-15-8-6-7-9-20-11-15/h11-13,15-17H,6-10H2,1-5H3,(H,21,24)(H,22,26)(H,23,25)/t15-,16-,17-/m0/s1. The second-order valence-electron chi connectivity index (χ2n) is 7.78. The van der Waals surface area contributed by atoms with Crippen molar-refractivity contribution in [3.8, 4) is 0 Å². The van der Waals surface area contributed by atoms with Gasteiger partial charge in [0, 0.05) is 19.7 Å². The molecule has 3 N–H and O–H groups in total. The zero-order valence-electron chi connectivity index (χ0n) is 16.7. The summed E-state index contributed by atoms with van der Waals surface area (Å²) in [6, 6.07) is -1.38. The predicted molar refractivity (Wildman–Crippen MR) is 103 cm³/mol. The molecule has 0 aromatic carbocycles. The van der Waals surface area contributed by atoms with Crippen molar-refractivity contribution in [2.45, 2.75) is 78.4 Å². The van der Waals surface area contributed by atoms with Crippen LogP contribution in [0.2, 0.25) is 0 Å². The van der Waals surface area contributed by atoms with Crippen LogP contribution in [0.1, 0.15) is 60.3 Å². The van der Waals surface area contributed by atoms with Gasteiger partial charge in [0.2, 0.25) is 17.7 Å². The first kappa shape index (κ1) is 22.1. The molecule has 3 amide bonds. The third kappa shape index (κ3) is 7.97. The molecule has 1 rings (SSSR count). The predicted octanol–water partition coefficient (Wildman–Crippen LogP) is 1.42. The second-order valence-corrected chi connectivity index (χ2v) is 7.78. The molecule has 0 saturated carbocycles. The highest BCUT2D eigenvalue weighted by atomic mass is 16.2. The smallest absolute Gasteiger partial charge is 0.243 e. The van der Waals surface area contributed by atoms with E-state index in [2.05, 4.69) is 20.9 Å². The van der Waals surface area contributed by atoms with Crippen LogP contribution in [0.25, 0.3) is 0 Å². The van der Waals surface area contributed by atoms with Crippen molar-refractivity contribution in [2.75, 3.05) is 6.54 Å². The molecule has 7 heteroatoms.